The highest BCUT2D eigenvalue weighted by atomic mass is 32.2. The van der Waals surface area contributed by atoms with Crippen molar-refractivity contribution in [2.75, 3.05) is 18.2 Å². The number of halogens is 1. The second kappa shape index (κ2) is 9.47. The molecular weight excluding hydrogens is 337 g/mol. The van der Waals surface area contributed by atoms with Crippen LogP contribution in [0.3, 0.4) is 0 Å². The lowest BCUT2D eigenvalue weighted by Gasteiger charge is -2.14. The van der Waals surface area contributed by atoms with Gasteiger partial charge in [0.2, 0.25) is 5.91 Å². The van der Waals surface area contributed by atoms with E-state index in [0.29, 0.717) is 17.3 Å². The molecule has 5 heteroatoms. The Bertz CT molecular complexity index is 711. The molecule has 2 rings (SSSR count). The maximum Gasteiger partial charge on any atom is 0.234 e. The smallest absolute Gasteiger partial charge is 0.234 e. The lowest BCUT2D eigenvalue weighted by atomic mass is 10.0. The fourth-order valence-corrected chi connectivity index (χ4v) is 3.50. The highest BCUT2D eigenvalue weighted by molar-refractivity contribution is 7.99. The van der Waals surface area contributed by atoms with E-state index < -0.39 is 0 Å². The lowest BCUT2D eigenvalue weighted by Crippen LogP contribution is -2.17. The Kier molecular flexibility index (Phi) is 7.31. The molecule has 0 atom stereocenters. The third-order valence-corrected chi connectivity index (χ3v) is 4.98. The van der Waals surface area contributed by atoms with Gasteiger partial charge in [-0.3, -0.25) is 4.79 Å². The highest BCUT2D eigenvalue weighted by Gasteiger charge is 2.11. The molecule has 0 heterocycles. The van der Waals surface area contributed by atoms with E-state index in [4.69, 9.17) is 4.74 Å². The van der Waals surface area contributed by atoms with E-state index in [1.165, 1.54) is 23.9 Å². The van der Waals surface area contributed by atoms with E-state index >= 15 is 0 Å². The highest BCUT2D eigenvalue weighted by Crippen LogP contribution is 2.25. The summed E-state index contributed by atoms with van der Waals surface area (Å²) in [6.45, 7) is 4.16. The number of nitrogens with one attached hydrogen (secondary N) is 1. The van der Waals surface area contributed by atoms with Crippen molar-refractivity contribution in [2.24, 2.45) is 0 Å². The first-order valence-corrected chi connectivity index (χ1v) is 9.55. The summed E-state index contributed by atoms with van der Waals surface area (Å²) in [5.41, 5.74) is 3.97. The number of rotatable bonds is 8. The monoisotopic (exact) mass is 361 g/mol. The van der Waals surface area contributed by atoms with Gasteiger partial charge in [0.1, 0.15) is 11.6 Å². The predicted octanol–water partition coefficient (Wildman–Crippen LogP) is 4.83. The normalized spacial score (nSPS) is 10.6. The first-order chi connectivity index (χ1) is 12.1. The number of methoxy groups -OCH3 is 1. The molecule has 2 aromatic carbocycles. The van der Waals surface area contributed by atoms with E-state index in [1.54, 1.807) is 13.2 Å². The molecule has 0 saturated carbocycles. The van der Waals surface area contributed by atoms with Gasteiger partial charge in [-0.15, -0.1) is 11.8 Å². The lowest BCUT2D eigenvalue weighted by molar-refractivity contribution is -0.113. The van der Waals surface area contributed by atoms with Gasteiger partial charge in [-0.05, 0) is 42.2 Å². The molecular formula is C20H24FNO2S. The molecule has 0 aliphatic heterocycles. The Balaban J connectivity index is 1.97. The maximum atomic E-state index is 13.4. The summed E-state index contributed by atoms with van der Waals surface area (Å²) in [4.78, 5) is 12.3. The van der Waals surface area contributed by atoms with Crippen LogP contribution in [0.5, 0.6) is 5.75 Å². The van der Waals surface area contributed by atoms with Crippen LogP contribution in [0, 0.1) is 5.82 Å². The van der Waals surface area contributed by atoms with Crippen molar-refractivity contribution in [3.05, 3.63) is 58.9 Å². The van der Waals surface area contributed by atoms with Crippen LogP contribution < -0.4 is 10.1 Å². The van der Waals surface area contributed by atoms with Gasteiger partial charge in [0.05, 0.1) is 12.9 Å². The number of para-hydroxylation sites is 1. The number of hydrogen-bond acceptors (Lipinski definition) is 3. The number of hydrogen-bond donors (Lipinski definition) is 1. The molecule has 0 unspecified atom stereocenters. The van der Waals surface area contributed by atoms with Crippen LogP contribution >= 0.6 is 11.8 Å². The zero-order chi connectivity index (χ0) is 18.2. The predicted molar refractivity (Wildman–Crippen MR) is 103 cm³/mol. The van der Waals surface area contributed by atoms with Gasteiger partial charge >= 0.3 is 0 Å². The SMILES string of the molecule is CCc1cccc(CC)c1NC(=O)CSCc1cc(F)ccc1OC. The molecule has 0 aliphatic carbocycles. The fourth-order valence-electron chi connectivity index (χ4n) is 2.69. The number of aryl methyl sites for hydroxylation is 2. The molecule has 0 radical (unpaired) electrons. The molecule has 0 bridgehead atoms. The first-order valence-electron chi connectivity index (χ1n) is 8.39. The molecule has 1 N–H and O–H groups in total. The second-order valence-corrected chi connectivity index (χ2v) is 6.64. The Hall–Kier alpha value is -2.01. The topological polar surface area (TPSA) is 38.3 Å². The molecule has 2 aromatic rings. The van der Waals surface area contributed by atoms with Crippen molar-refractivity contribution in [1.82, 2.24) is 0 Å². The molecule has 3 nitrogen and oxygen atoms in total. The Morgan fingerprint density at radius 3 is 2.40 bits per heavy atom. The number of thioether (sulfide) groups is 1. The number of carbonyl (C=O) groups is 1. The van der Waals surface area contributed by atoms with Crippen LogP contribution in [0.25, 0.3) is 0 Å². The van der Waals surface area contributed by atoms with Crippen LogP contribution in [0.4, 0.5) is 10.1 Å². The van der Waals surface area contributed by atoms with E-state index in [9.17, 15) is 9.18 Å². The van der Waals surface area contributed by atoms with Crippen LogP contribution in [-0.4, -0.2) is 18.8 Å². The van der Waals surface area contributed by atoms with Crippen molar-refractivity contribution in [3.8, 4) is 5.75 Å². The van der Waals surface area contributed by atoms with E-state index in [2.05, 4.69) is 19.2 Å². The van der Waals surface area contributed by atoms with Crippen LogP contribution in [-0.2, 0) is 23.4 Å². The van der Waals surface area contributed by atoms with Gasteiger partial charge in [0, 0.05) is 17.0 Å². The summed E-state index contributed by atoms with van der Waals surface area (Å²) < 4.78 is 18.6. The number of ether oxygens (including phenoxy) is 1. The van der Waals surface area contributed by atoms with Gasteiger partial charge in [-0.1, -0.05) is 32.0 Å². The average Bonchev–Trinajstić information content (AvgIpc) is 2.62. The number of benzene rings is 2. The zero-order valence-corrected chi connectivity index (χ0v) is 15.7. The fraction of sp³-hybridized carbons (Fsp3) is 0.350. The summed E-state index contributed by atoms with van der Waals surface area (Å²) in [6.07, 6.45) is 1.74. The van der Waals surface area contributed by atoms with Crippen LogP contribution in [0.1, 0.15) is 30.5 Å². The minimum Gasteiger partial charge on any atom is -0.496 e. The van der Waals surface area contributed by atoms with Gasteiger partial charge in [-0.2, -0.15) is 0 Å². The van der Waals surface area contributed by atoms with E-state index in [1.807, 2.05) is 18.2 Å². The third kappa shape index (κ3) is 5.23. The minimum absolute atomic E-state index is 0.0454. The van der Waals surface area contributed by atoms with Gasteiger partial charge in [0.25, 0.3) is 0 Å². The first kappa shape index (κ1) is 19.3. The minimum atomic E-state index is -0.301. The number of carbonyl (C=O) groups excluding carboxylic acids is 1. The van der Waals surface area contributed by atoms with Gasteiger partial charge in [-0.25, -0.2) is 4.39 Å². The average molecular weight is 361 g/mol. The largest absolute Gasteiger partial charge is 0.496 e. The summed E-state index contributed by atoms with van der Waals surface area (Å²) in [7, 11) is 1.56. The number of anilines is 1. The molecule has 0 aromatic heterocycles. The van der Waals surface area contributed by atoms with E-state index in [0.717, 1.165) is 35.2 Å². The summed E-state index contributed by atoms with van der Waals surface area (Å²) in [5.74, 6) is 1.12. The van der Waals surface area contributed by atoms with Gasteiger partial charge < -0.3 is 10.1 Å². The molecule has 0 aliphatic rings. The Labute approximate surface area is 153 Å². The van der Waals surface area contributed by atoms with Crippen molar-refractivity contribution >= 4 is 23.4 Å². The quantitative estimate of drug-likeness (QED) is 0.732. The summed E-state index contributed by atoms with van der Waals surface area (Å²) in [6, 6.07) is 10.5. The third-order valence-electron chi connectivity index (χ3n) is 4.00. The second-order valence-electron chi connectivity index (χ2n) is 5.66. The maximum absolute atomic E-state index is 13.4. The van der Waals surface area contributed by atoms with Crippen molar-refractivity contribution < 1.29 is 13.9 Å². The molecule has 0 spiro atoms. The summed E-state index contributed by atoms with van der Waals surface area (Å²) in [5, 5.41) is 3.04. The molecule has 0 saturated heterocycles. The molecule has 1 amide bonds. The zero-order valence-electron chi connectivity index (χ0n) is 14.9. The molecule has 25 heavy (non-hydrogen) atoms. The molecule has 0 fully saturated rings. The molecule has 134 valence electrons. The van der Waals surface area contributed by atoms with E-state index in [-0.39, 0.29) is 11.7 Å². The summed E-state index contributed by atoms with van der Waals surface area (Å²) >= 11 is 1.44. The standard InChI is InChI=1S/C20H24FNO2S/c1-4-14-7-6-8-15(5-2)20(14)22-19(23)13-25-12-16-11-17(21)9-10-18(16)24-3/h6-11H,4-5,12-13H2,1-3H3,(H,22,23). The van der Waals surface area contributed by atoms with Gasteiger partial charge in [0.15, 0.2) is 0 Å². The number of amides is 1. The van der Waals surface area contributed by atoms with Crippen LogP contribution in [0.2, 0.25) is 0 Å². The van der Waals surface area contributed by atoms with Crippen molar-refractivity contribution in [1.29, 1.82) is 0 Å². The Morgan fingerprint density at radius 1 is 1.12 bits per heavy atom. The van der Waals surface area contributed by atoms with Crippen molar-refractivity contribution in [3.63, 3.8) is 0 Å². The Morgan fingerprint density at radius 2 is 1.80 bits per heavy atom. The van der Waals surface area contributed by atoms with Crippen LogP contribution in [0.15, 0.2) is 36.4 Å². The van der Waals surface area contributed by atoms with Crippen molar-refractivity contribution in [2.45, 2.75) is 32.4 Å².